The Morgan fingerprint density at radius 1 is 1.19 bits per heavy atom. The zero-order chi connectivity index (χ0) is 14.7. The molecule has 2 aliphatic rings. The summed E-state index contributed by atoms with van der Waals surface area (Å²) in [6, 6.07) is 5.85. The van der Waals surface area contributed by atoms with Crippen molar-refractivity contribution in [1.29, 1.82) is 0 Å². The molecule has 4 heteroatoms. The molecule has 1 heterocycles. The third kappa shape index (κ3) is 3.41. The minimum Gasteiger partial charge on any atom is -0.372 e. The van der Waals surface area contributed by atoms with E-state index in [1.807, 2.05) is 18.2 Å². The number of hydrogen-bond acceptors (Lipinski definition) is 2. The summed E-state index contributed by atoms with van der Waals surface area (Å²) in [7, 11) is 0. The number of ether oxygens (including phenoxy) is 1. The highest BCUT2D eigenvalue weighted by atomic mass is 35.5. The van der Waals surface area contributed by atoms with Crippen molar-refractivity contribution in [3.63, 3.8) is 0 Å². The summed E-state index contributed by atoms with van der Waals surface area (Å²) in [5.74, 6) is 1.80. The van der Waals surface area contributed by atoms with Crippen molar-refractivity contribution in [3.8, 4) is 0 Å². The van der Waals surface area contributed by atoms with Crippen LogP contribution in [0, 0.1) is 11.8 Å². The number of halogens is 1. The molecular weight excluding hydrogens is 286 g/mol. The lowest BCUT2D eigenvalue weighted by molar-refractivity contribution is 0.0936. The molecule has 0 aromatic heterocycles. The number of rotatable bonds is 4. The van der Waals surface area contributed by atoms with E-state index in [0.29, 0.717) is 30.9 Å². The van der Waals surface area contributed by atoms with Crippen LogP contribution in [-0.4, -0.2) is 18.3 Å². The van der Waals surface area contributed by atoms with Crippen LogP contribution >= 0.6 is 11.6 Å². The van der Waals surface area contributed by atoms with Gasteiger partial charge in [-0.1, -0.05) is 18.9 Å². The summed E-state index contributed by atoms with van der Waals surface area (Å²) in [5, 5.41) is 3.09. The first-order valence-electron chi connectivity index (χ1n) is 7.81. The lowest BCUT2D eigenvalue weighted by Crippen LogP contribution is -2.34. The summed E-state index contributed by atoms with van der Waals surface area (Å²) < 4.78 is 5.39. The number of carbonyl (C=O) groups is 1. The number of hydrogen-bond donors (Lipinski definition) is 1. The Morgan fingerprint density at radius 2 is 1.95 bits per heavy atom. The van der Waals surface area contributed by atoms with E-state index in [4.69, 9.17) is 16.3 Å². The average Bonchev–Trinajstić information content (AvgIpc) is 3.00. The molecule has 1 saturated carbocycles. The average molecular weight is 308 g/mol. The second-order valence-corrected chi connectivity index (χ2v) is 6.45. The minimum atomic E-state index is 0.0172. The number of amides is 1. The molecule has 1 aromatic rings. The van der Waals surface area contributed by atoms with Crippen LogP contribution in [0.2, 0.25) is 0 Å². The van der Waals surface area contributed by atoms with Gasteiger partial charge in [-0.3, -0.25) is 4.79 Å². The van der Waals surface area contributed by atoms with Crippen molar-refractivity contribution in [2.75, 3.05) is 12.4 Å². The predicted octanol–water partition coefficient (Wildman–Crippen LogP) is 3.49. The number of alkyl halides is 1. The number of fused-ring (bicyclic) bond motifs is 1. The highest BCUT2D eigenvalue weighted by molar-refractivity contribution is 6.18. The van der Waals surface area contributed by atoms with Crippen LogP contribution < -0.4 is 5.32 Å². The summed E-state index contributed by atoms with van der Waals surface area (Å²) in [4.78, 5) is 12.3. The van der Waals surface area contributed by atoms with Crippen LogP contribution in [0.4, 0.5) is 0 Å². The van der Waals surface area contributed by atoms with Gasteiger partial charge >= 0.3 is 0 Å². The zero-order valence-corrected chi connectivity index (χ0v) is 13.0. The van der Waals surface area contributed by atoms with Gasteiger partial charge in [0.1, 0.15) is 0 Å². The van der Waals surface area contributed by atoms with Crippen molar-refractivity contribution in [1.82, 2.24) is 5.32 Å². The molecule has 1 aromatic carbocycles. The Balaban J connectivity index is 1.58. The SMILES string of the molecule is O=C(NCC1CCCCC1CCl)c1ccc2c(c1)COC2. The molecule has 0 radical (unpaired) electrons. The molecule has 3 nitrogen and oxygen atoms in total. The Labute approximate surface area is 131 Å². The molecule has 1 aliphatic carbocycles. The molecular formula is C17H22ClNO2. The molecule has 0 spiro atoms. The van der Waals surface area contributed by atoms with Gasteiger partial charge in [0.15, 0.2) is 0 Å². The van der Waals surface area contributed by atoms with Gasteiger partial charge in [0.2, 0.25) is 0 Å². The van der Waals surface area contributed by atoms with Gasteiger partial charge < -0.3 is 10.1 Å². The molecule has 114 valence electrons. The van der Waals surface area contributed by atoms with Crippen molar-refractivity contribution in [2.24, 2.45) is 11.8 Å². The van der Waals surface area contributed by atoms with Crippen LogP contribution in [0.3, 0.4) is 0 Å². The van der Waals surface area contributed by atoms with Crippen LogP contribution in [0.15, 0.2) is 18.2 Å². The largest absolute Gasteiger partial charge is 0.372 e. The van der Waals surface area contributed by atoms with Gasteiger partial charge in [-0.2, -0.15) is 0 Å². The molecule has 1 fully saturated rings. The normalized spacial score (nSPS) is 24.6. The third-order valence-electron chi connectivity index (χ3n) is 4.77. The fraction of sp³-hybridized carbons (Fsp3) is 0.588. The fourth-order valence-electron chi connectivity index (χ4n) is 3.40. The maximum absolute atomic E-state index is 12.3. The molecule has 1 amide bonds. The van der Waals surface area contributed by atoms with Crippen molar-refractivity contribution < 1.29 is 9.53 Å². The Morgan fingerprint density at radius 3 is 2.76 bits per heavy atom. The maximum Gasteiger partial charge on any atom is 0.251 e. The smallest absolute Gasteiger partial charge is 0.251 e. The molecule has 2 unspecified atom stereocenters. The van der Waals surface area contributed by atoms with E-state index in [1.165, 1.54) is 31.2 Å². The first-order valence-corrected chi connectivity index (χ1v) is 8.35. The summed E-state index contributed by atoms with van der Waals surface area (Å²) in [5.41, 5.74) is 3.07. The number of nitrogens with one attached hydrogen (secondary N) is 1. The standard InChI is InChI=1S/C17H22ClNO2/c18-8-13-3-1-2-4-14(13)9-19-17(20)12-5-6-15-10-21-11-16(15)7-12/h5-7,13-14H,1-4,8-11H2,(H,19,20). The van der Waals surface area contributed by atoms with Crippen LogP contribution in [0.5, 0.6) is 0 Å². The van der Waals surface area contributed by atoms with Crippen LogP contribution in [0.25, 0.3) is 0 Å². The van der Waals surface area contributed by atoms with Gasteiger partial charge in [-0.05, 0) is 47.9 Å². The van der Waals surface area contributed by atoms with Crippen LogP contribution in [0.1, 0.15) is 47.2 Å². The number of carbonyl (C=O) groups excluding carboxylic acids is 1. The first-order chi connectivity index (χ1) is 10.3. The van der Waals surface area contributed by atoms with Gasteiger partial charge in [0.25, 0.3) is 5.91 Å². The van der Waals surface area contributed by atoms with Gasteiger partial charge in [-0.25, -0.2) is 0 Å². The van der Waals surface area contributed by atoms with E-state index < -0.39 is 0 Å². The minimum absolute atomic E-state index is 0.0172. The Bertz CT molecular complexity index is 518. The molecule has 0 saturated heterocycles. The fourth-order valence-corrected chi connectivity index (χ4v) is 3.80. The van der Waals surface area contributed by atoms with Crippen LogP contribution in [-0.2, 0) is 18.0 Å². The van der Waals surface area contributed by atoms with E-state index in [0.717, 1.165) is 17.7 Å². The van der Waals surface area contributed by atoms with Gasteiger partial charge in [0, 0.05) is 18.0 Å². The summed E-state index contributed by atoms with van der Waals surface area (Å²) in [6.45, 7) is 2.02. The summed E-state index contributed by atoms with van der Waals surface area (Å²) in [6.07, 6.45) is 4.90. The van der Waals surface area contributed by atoms with Gasteiger partial charge in [-0.15, -0.1) is 11.6 Å². The zero-order valence-electron chi connectivity index (χ0n) is 12.2. The highest BCUT2D eigenvalue weighted by Gasteiger charge is 2.25. The quantitative estimate of drug-likeness (QED) is 0.865. The van der Waals surface area contributed by atoms with E-state index in [-0.39, 0.29) is 5.91 Å². The molecule has 21 heavy (non-hydrogen) atoms. The lowest BCUT2D eigenvalue weighted by Gasteiger charge is -2.30. The molecule has 1 N–H and O–H groups in total. The highest BCUT2D eigenvalue weighted by Crippen LogP contribution is 2.30. The Hall–Kier alpha value is -1.06. The Kier molecular flexibility index (Phi) is 4.81. The van der Waals surface area contributed by atoms with E-state index in [1.54, 1.807) is 0 Å². The van der Waals surface area contributed by atoms with Crippen molar-refractivity contribution in [3.05, 3.63) is 34.9 Å². The maximum atomic E-state index is 12.3. The second-order valence-electron chi connectivity index (χ2n) is 6.15. The first kappa shape index (κ1) is 14.9. The molecule has 2 atom stereocenters. The number of benzene rings is 1. The molecule has 3 rings (SSSR count). The lowest BCUT2D eigenvalue weighted by atomic mass is 9.80. The summed E-state index contributed by atoms with van der Waals surface area (Å²) >= 11 is 6.04. The van der Waals surface area contributed by atoms with E-state index in [2.05, 4.69) is 5.32 Å². The van der Waals surface area contributed by atoms with Gasteiger partial charge in [0.05, 0.1) is 13.2 Å². The van der Waals surface area contributed by atoms with Crippen molar-refractivity contribution in [2.45, 2.75) is 38.9 Å². The van der Waals surface area contributed by atoms with E-state index in [9.17, 15) is 4.79 Å². The monoisotopic (exact) mass is 307 g/mol. The second kappa shape index (κ2) is 6.80. The topological polar surface area (TPSA) is 38.3 Å². The third-order valence-corrected chi connectivity index (χ3v) is 5.17. The van der Waals surface area contributed by atoms with E-state index >= 15 is 0 Å². The molecule has 1 aliphatic heterocycles. The van der Waals surface area contributed by atoms with Crippen molar-refractivity contribution >= 4 is 17.5 Å². The predicted molar refractivity (Wildman–Crippen MR) is 83.4 cm³/mol. The molecule has 0 bridgehead atoms.